The minimum absolute atomic E-state index is 0.253. The van der Waals surface area contributed by atoms with E-state index in [1.807, 2.05) is 0 Å². The Morgan fingerprint density at radius 3 is 2.53 bits per heavy atom. The van der Waals surface area contributed by atoms with Gasteiger partial charge in [-0.2, -0.15) is 0 Å². The molecular weight excluding hydrogens is 242 g/mol. The van der Waals surface area contributed by atoms with Crippen LogP contribution in [0.2, 0.25) is 0 Å². The zero-order chi connectivity index (χ0) is 14.7. The van der Waals surface area contributed by atoms with Crippen LogP contribution in [0, 0.1) is 5.41 Å². The number of carbonyl (C=O) groups is 1. The van der Waals surface area contributed by atoms with Gasteiger partial charge in [0.15, 0.2) is 0 Å². The normalized spacial score (nSPS) is 13.3. The highest BCUT2D eigenvalue weighted by Crippen LogP contribution is 2.07. The van der Waals surface area contributed by atoms with Gasteiger partial charge in [-0.05, 0) is 37.3 Å². The van der Waals surface area contributed by atoms with Crippen LogP contribution in [0.15, 0.2) is 60.3 Å². The van der Waals surface area contributed by atoms with E-state index in [0.717, 1.165) is 6.21 Å². The topological polar surface area (TPSA) is 88.2 Å². The molecule has 0 rings (SSSR count). The van der Waals surface area contributed by atoms with Gasteiger partial charge in [0.2, 0.25) is 5.91 Å². The third kappa shape index (κ3) is 8.20. The van der Waals surface area contributed by atoms with Crippen molar-refractivity contribution in [1.29, 1.82) is 5.41 Å². The molecular formula is C14H19N3O2. The molecule has 0 aromatic carbocycles. The lowest BCUT2D eigenvalue weighted by atomic mass is 10.3. The summed E-state index contributed by atoms with van der Waals surface area (Å²) in [7, 11) is 1.53. The minimum Gasteiger partial charge on any atom is -0.462 e. The number of amides is 1. The quantitative estimate of drug-likeness (QED) is 0.282. The first-order chi connectivity index (χ1) is 9.03. The molecule has 0 saturated heterocycles. The first-order valence-electron chi connectivity index (χ1n) is 5.58. The Morgan fingerprint density at radius 1 is 1.32 bits per heavy atom. The zero-order valence-corrected chi connectivity index (χ0v) is 11.1. The fourth-order valence-electron chi connectivity index (χ4n) is 0.948. The smallest absolute Gasteiger partial charge is 0.243 e. The maximum Gasteiger partial charge on any atom is 0.243 e. The third-order valence-corrected chi connectivity index (χ3v) is 1.92. The second kappa shape index (κ2) is 9.47. The average Bonchev–Trinajstić information content (AvgIpc) is 2.41. The van der Waals surface area contributed by atoms with Gasteiger partial charge in [-0.25, -0.2) is 0 Å². The highest BCUT2D eigenvalue weighted by Gasteiger charge is 1.96. The molecule has 1 amide bonds. The van der Waals surface area contributed by atoms with E-state index < -0.39 is 0 Å². The number of hydrogen-bond acceptors (Lipinski definition) is 4. The van der Waals surface area contributed by atoms with Crippen LogP contribution in [0.4, 0.5) is 0 Å². The van der Waals surface area contributed by atoms with Gasteiger partial charge in [-0.15, -0.1) is 0 Å². The van der Waals surface area contributed by atoms with Gasteiger partial charge in [-0.3, -0.25) is 4.79 Å². The van der Waals surface area contributed by atoms with Gasteiger partial charge >= 0.3 is 0 Å². The van der Waals surface area contributed by atoms with Gasteiger partial charge in [0.05, 0.1) is 0 Å². The Labute approximate surface area is 113 Å². The second-order valence-corrected chi connectivity index (χ2v) is 3.43. The van der Waals surface area contributed by atoms with Crippen molar-refractivity contribution >= 4 is 12.1 Å². The molecule has 0 aliphatic heterocycles. The van der Waals surface area contributed by atoms with Crippen LogP contribution < -0.4 is 11.1 Å². The van der Waals surface area contributed by atoms with Crippen LogP contribution >= 0.6 is 0 Å². The van der Waals surface area contributed by atoms with E-state index in [2.05, 4.69) is 11.9 Å². The highest BCUT2D eigenvalue weighted by molar-refractivity contribution is 5.87. The molecule has 0 heterocycles. The maximum absolute atomic E-state index is 11.1. The Balaban J connectivity index is 4.82. The number of likely N-dealkylation sites (N-methyl/N-ethyl adjacent to an activating group) is 1. The van der Waals surface area contributed by atoms with Gasteiger partial charge in [-0.1, -0.05) is 6.58 Å². The lowest BCUT2D eigenvalue weighted by molar-refractivity contribution is -0.116. The van der Waals surface area contributed by atoms with Crippen LogP contribution in [-0.2, 0) is 9.53 Å². The first kappa shape index (κ1) is 16.4. The van der Waals surface area contributed by atoms with Crippen molar-refractivity contribution in [2.45, 2.75) is 6.92 Å². The van der Waals surface area contributed by atoms with Gasteiger partial charge < -0.3 is 21.2 Å². The molecule has 0 bridgehead atoms. The summed E-state index contributed by atoms with van der Waals surface area (Å²) < 4.78 is 5.45. The fourth-order valence-corrected chi connectivity index (χ4v) is 0.948. The molecule has 19 heavy (non-hydrogen) atoms. The number of hydrogen-bond donors (Lipinski definition) is 3. The lowest BCUT2D eigenvalue weighted by Gasteiger charge is -2.05. The van der Waals surface area contributed by atoms with Crippen molar-refractivity contribution in [2.24, 2.45) is 5.73 Å². The summed E-state index contributed by atoms with van der Waals surface area (Å²) in [5, 5.41) is 9.47. The largest absolute Gasteiger partial charge is 0.462 e. The zero-order valence-electron chi connectivity index (χ0n) is 11.1. The van der Waals surface area contributed by atoms with E-state index in [0.29, 0.717) is 17.2 Å². The van der Waals surface area contributed by atoms with Gasteiger partial charge in [0.1, 0.15) is 11.5 Å². The number of nitrogens with two attached hydrogens (primary N) is 1. The molecule has 0 atom stereocenters. The highest BCUT2D eigenvalue weighted by atomic mass is 16.5. The number of rotatable bonds is 7. The monoisotopic (exact) mass is 261 g/mol. The number of allylic oxidation sites excluding steroid dienone is 6. The van der Waals surface area contributed by atoms with Crippen LogP contribution in [0.1, 0.15) is 6.92 Å². The average molecular weight is 261 g/mol. The van der Waals surface area contributed by atoms with E-state index >= 15 is 0 Å². The molecule has 102 valence electrons. The molecule has 0 radical (unpaired) electrons. The molecule has 0 saturated carbocycles. The molecule has 4 N–H and O–H groups in total. The van der Waals surface area contributed by atoms with Crippen LogP contribution in [0.25, 0.3) is 0 Å². The molecule has 5 nitrogen and oxygen atoms in total. The fraction of sp³-hybridized carbons (Fsp3) is 0.143. The van der Waals surface area contributed by atoms with Crippen molar-refractivity contribution in [3.8, 4) is 0 Å². The number of ether oxygens (including phenoxy) is 1. The summed E-state index contributed by atoms with van der Waals surface area (Å²) in [6.45, 7) is 5.26. The Bertz CT molecular complexity index is 457. The summed E-state index contributed by atoms with van der Waals surface area (Å²) in [5.74, 6) is 0.689. The van der Waals surface area contributed by atoms with Gasteiger partial charge in [0, 0.05) is 25.0 Å². The Kier molecular flexibility index (Phi) is 8.19. The van der Waals surface area contributed by atoms with Crippen molar-refractivity contribution < 1.29 is 9.53 Å². The molecule has 0 aliphatic rings. The van der Waals surface area contributed by atoms with Gasteiger partial charge in [0.25, 0.3) is 0 Å². The lowest BCUT2D eigenvalue weighted by Crippen LogP contribution is -2.14. The Morgan fingerprint density at radius 2 is 2.00 bits per heavy atom. The van der Waals surface area contributed by atoms with Crippen molar-refractivity contribution in [2.75, 3.05) is 7.05 Å². The summed E-state index contributed by atoms with van der Waals surface area (Å²) in [6, 6.07) is 0. The predicted octanol–water partition coefficient (Wildman–Crippen LogP) is 1.77. The molecule has 0 unspecified atom stereocenters. The van der Waals surface area contributed by atoms with Crippen molar-refractivity contribution in [3.05, 3.63) is 60.3 Å². The van der Waals surface area contributed by atoms with Crippen LogP contribution in [0.3, 0.4) is 0 Å². The summed E-state index contributed by atoms with van der Waals surface area (Å²) >= 11 is 0. The summed E-state index contributed by atoms with van der Waals surface area (Å²) in [4.78, 5) is 11.1. The number of carbonyl (C=O) groups excluding carboxylic acids is 1. The molecule has 0 fully saturated rings. The molecule has 0 spiro atoms. The predicted molar refractivity (Wildman–Crippen MR) is 77.4 cm³/mol. The summed E-state index contributed by atoms with van der Waals surface area (Å²) in [5.41, 5.74) is 6.07. The van der Waals surface area contributed by atoms with E-state index in [4.69, 9.17) is 15.9 Å². The SMILES string of the molecule is C=C/C(N)=C\C=C(/C)OC(/C=C/C(=O)NC)=C/C=N. The minimum atomic E-state index is -0.253. The molecule has 0 aliphatic carbocycles. The van der Waals surface area contributed by atoms with E-state index in [1.54, 1.807) is 19.1 Å². The van der Waals surface area contributed by atoms with Crippen LogP contribution in [-0.4, -0.2) is 19.2 Å². The van der Waals surface area contributed by atoms with E-state index in [9.17, 15) is 4.79 Å². The molecule has 0 aromatic rings. The third-order valence-electron chi connectivity index (χ3n) is 1.92. The van der Waals surface area contributed by atoms with E-state index in [-0.39, 0.29) is 5.91 Å². The number of nitrogens with one attached hydrogen (secondary N) is 2. The standard InChI is InChI=1S/C14H19N3O2/c1-4-12(16)6-5-11(2)19-13(9-10-15)7-8-14(18)17-3/h4-10,15H,1,16H2,2-3H3,(H,17,18)/b8-7+,11-5+,12-6+,13-9+,15-10?. The summed E-state index contributed by atoms with van der Waals surface area (Å²) in [6.07, 6.45) is 10.1. The van der Waals surface area contributed by atoms with E-state index in [1.165, 1.54) is 31.4 Å². The first-order valence-corrected chi connectivity index (χ1v) is 5.58. The molecule has 5 heteroatoms. The van der Waals surface area contributed by atoms with Crippen molar-refractivity contribution in [1.82, 2.24) is 5.32 Å². The Hall–Kier alpha value is -2.56. The van der Waals surface area contributed by atoms with Crippen molar-refractivity contribution in [3.63, 3.8) is 0 Å². The molecule has 0 aromatic heterocycles. The second-order valence-electron chi connectivity index (χ2n) is 3.43. The van der Waals surface area contributed by atoms with Crippen LogP contribution in [0.5, 0.6) is 0 Å². The maximum atomic E-state index is 11.1.